The largest absolute Gasteiger partial charge is 0.369 e. The summed E-state index contributed by atoms with van der Waals surface area (Å²) in [7, 11) is -3.71. The second-order valence-electron chi connectivity index (χ2n) is 4.50. The highest BCUT2D eigenvalue weighted by molar-refractivity contribution is 7.92. The van der Waals surface area contributed by atoms with Crippen molar-refractivity contribution in [2.45, 2.75) is 18.7 Å². The van der Waals surface area contributed by atoms with Crippen molar-refractivity contribution in [2.24, 2.45) is 0 Å². The number of sulfonamides is 1. The van der Waals surface area contributed by atoms with Crippen LogP contribution in [0.25, 0.3) is 0 Å². The number of rotatable bonds is 5. The van der Waals surface area contributed by atoms with Crippen molar-refractivity contribution in [2.75, 3.05) is 16.6 Å². The van der Waals surface area contributed by atoms with Gasteiger partial charge in [0.15, 0.2) is 0 Å². The van der Waals surface area contributed by atoms with Crippen LogP contribution in [0.1, 0.15) is 12.5 Å². The molecule has 0 amide bonds. The average molecular weight is 326 g/mol. The van der Waals surface area contributed by atoms with Crippen molar-refractivity contribution in [1.82, 2.24) is 4.98 Å². The summed E-state index contributed by atoms with van der Waals surface area (Å²) >= 11 is 6.02. The first kappa shape index (κ1) is 15.6. The average Bonchev–Trinajstić information content (AvgIpc) is 2.43. The van der Waals surface area contributed by atoms with E-state index in [1.807, 2.05) is 26.0 Å². The van der Waals surface area contributed by atoms with Crippen LogP contribution < -0.4 is 10.0 Å². The number of halogens is 1. The molecule has 112 valence electrons. The Hall–Kier alpha value is -1.79. The van der Waals surface area contributed by atoms with Crippen LogP contribution in [0, 0.1) is 6.92 Å². The standard InChI is InChI=1S/C14H16ClN3O2S/c1-3-16-14-13(15)8-12(9-17-14)21(19,20)18-11-6-4-10(2)5-7-11/h4-9,18H,3H2,1-2H3,(H,16,17). The van der Waals surface area contributed by atoms with Gasteiger partial charge in [0, 0.05) is 18.4 Å². The van der Waals surface area contributed by atoms with Gasteiger partial charge in [0.2, 0.25) is 0 Å². The summed E-state index contributed by atoms with van der Waals surface area (Å²) in [5.74, 6) is 0.466. The molecular weight excluding hydrogens is 310 g/mol. The van der Waals surface area contributed by atoms with Gasteiger partial charge in [0.1, 0.15) is 10.7 Å². The Labute approximate surface area is 129 Å². The van der Waals surface area contributed by atoms with Crippen LogP contribution in [-0.4, -0.2) is 19.9 Å². The Kier molecular flexibility index (Phi) is 4.69. The summed E-state index contributed by atoms with van der Waals surface area (Å²) in [5.41, 5.74) is 1.55. The lowest BCUT2D eigenvalue weighted by atomic mass is 10.2. The zero-order valence-electron chi connectivity index (χ0n) is 11.7. The third kappa shape index (κ3) is 3.86. The van der Waals surface area contributed by atoms with Crippen LogP contribution in [0.5, 0.6) is 0 Å². The smallest absolute Gasteiger partial charge is 0.263 e. The van der Waals surface area contributed by atoms with Crippen LogP contribution in [0.3, 0.4) is 0 Å². The summed E-state index contributed by atoms with van der Waals surface area (Å²) in [6, 6.07) is 8.45. The third-order valence-corrected chi connectivity index (χ3v) is 4.41. The molecule has 0 fully saturated rings. The molecule has 7 heteroatoms. The quantitative estimate of drug-likeness (QED) is 0.885. The maximum absolute atomic E-state index is 12.3. The first-order valence-corrected chi connectivity index (χ1v) is 8.27. The van der Waals surface area contributed by atoms with Crippen LogP contribution >= 0.6 is 11.6 Å². The van der Waals surface area contributed by atoms with Gasteiger partial charge in [-0.05, 0) is 32.0 Å². The van der Waals surface area contributed by atoms with Crippen molar-refractivity contribution in [1.29, 1.82) is 0 Å². The minimum atomic E-state index is -3.71. The number of nitrogens with zero attached hydrogens (tertiary/aromatic N) is 1. The molecule has 0 aliphatic carbocycles. The number of hydrogen-bond acceptors (Lipinski definition) is 4. The number of aromatic nitrogens is 1. The summed E-state index contributed by atoms with van der Waals surface area (Å²) < 4.78 is 27.0. The van der Waals surface area contributed by atoms with E-state index in [1.54, 1.807) is 12.1 Å². The van der Waals surface area contributed by atoms with Crippen LogP contribution in [-0.2, 0) is 10.0 Å². The molecule has 0 spiro atoms. The minimum Gasteiger partial charge on any atom is -0.369 e. The summed E-state index contributed by atoms with van der Waals surface area (Å²) in [6.45, 7) is 4.49. The molecular formula is C14H16ClN3O2S. The van der Waals surface area contributed by atoms with E-state index in [9.17, 15) is 8.42 Å². The van der Waals surface area contributed by atoms with Crippen molar-refractivity contribution in [3.8, 4) is 0 Å². The lowest BCUT2D eigenvalue weighted by Gasteiger charge is -2.10. The Balaban J connectivity index is 2.27. The molecule has 1 aromatic heterocycles. The van der Waals surface area contributed by atoms with Gasteiger partial charge >= 0.3 is 0 Å². The molecule has 5 nitrogen and oxygen atoms in total. The predicted molar refractivity (Wildman–Crippen MR) is 85.4 cm³/mol. The molecule has 2 rings (SSSR count). The summed E-state index contributed by atoms with van der Waals surface area (Å²) in [6.07, 6.45) is 1.28. The van der Waals surface area contributed by atoms with E-state index < -0.39 is 10.0 Å². The molecule has 1 heterocycles. The minimum absolute atomic E-state index is 0.0229. The van der Waals surface area contributed by atoms with Crippen molar-refractivity contribution < 1.29 is 8.42 Å². The van der Waals surface area contributed by atoms with Gasteiger partial charge in [0.25, 0.3) is 10.0 Å². The molecule has 0 aliphatic heterocycles. The Bertz CT molecular complexity index is 730. The molecule has 0 radical (unpaired) electrons. The molecule has 2 N–H and O–H groups in total. The van der Waals surface area contributed by atoms with Crippen molar-refractivity contribution in [3.05, 3.63) is 47.1 Å². The lowest BCUT2D eigenvalue weighted by Crippen LogP contribution is -2.13. The number of nitrogens with one attached hydrogen (secondary N) is 2. The molecule has 0 saturated carbocycles. The van der Waals surface area contributed by atoms with Gasteiger partial charge in [-0.15, -0.1) is 0 Å². The highest BCUT2D eigenvalue weighted by Crippen LogP contribution is 2.24. The molecule has 0 unspecified atom stereocenters. The SMILES string of the molecule is CCNc1ncc(S(=O)(=O)Nc2ccc(C)cc2)cc1Cl. The Morgan fingerprint density at radius 3 is 2.48 bits per heavy atom. The van der Waals surface area contributed by atoms with Crippen molar-refractivity contribution in [3.63, 3.8) is 0 Å². The number of anilines is 2. The zero-order chi connectivity index (χ0) is 15.5. The summed E-state index contributed by atoms with van der Waals surface area (Å²) in [4.78, 5) is 4.05. The normalized spacial score (nSPS) is 11.2. The Morgan fingerprint density at radius 1 is 1.24 bits per heavy atom. The topological polar surface area (TPSA) is 71.1 Å². The second kappa shape index (κ2) is 6.32. The second-order valence-corrected chi connectivity index (χ2v) is 6.59. The monoisotopic (exact) mass is 325 g/mol. The number of pyridine rings is 1. The van der Waals surface area contributed by atoms with Gasteiger partial charge in [-0.25, -0.2) is 13.4 Å². The van der Waals surface area contributed by atoms with Gasteiger partial charge in [-0.3, -0.25) is 4.72 Å². The van der Waals surface area contributed by atoms with Crippen LogP contribution in [0.4, 0.5) is 11.5 Å². The fourth-order valence-electron chi connectivity index (χ4n) is 1.70. The van der Waals surface area contributed by atoms with E-state index >= 15 is 0 Å². The van der Waals surface area contributed by atoms with E-state index in [-0.39, 0.29) is 9.92 Å². The molecule has 0 atom stereocenters. The molecule has 1 aromatic carbocycles. The van der Waals surface area contributed by atoms with Gasteiger partial charge in [0.05, 0.1) is 5.02 Å². The zero-order valence-corrected chi connectivity index (χ0v) is 13.3. The highest BCUT2D eigenvalue weighted by Gasteiger charge is 2.16. The van der Waals surface area contributed by atoms with Crippen LogP contribution in [0.2, 0.25) is 5.02 Å². The van der Waals surface area contributed by atoms with E-state index in [2.05, 4.69) is 15.0 Å². The molecule has 21 heavy (non-hydrogen) atoms. The van der Waals surface area contributed by atoms with E-state index in [1.165, 1.54) is 12.3 Å². The Morgan fingerprint density at radius 2 is 1.90 bits per heavy atom. The van der Waals surface area contributed by atoms with Crippen molar-refractivity contribution >= 4 is 33.1 Å². The lowest BCUT2D eigenvalue weighted by molar-refractivity contribution is 0.601. The fourth-order valence-corrected chi connectivity index (χ4v) is 3.03. The highest BCUT2D eigenvalue weighted by atomic mass is 35.5. The molecule has 0 bridgehead atoms. The molecule has 0 aliphatic rings. The van der Waals surface area contributed by atoms with E-state index in [0.29, 0.717) is 18.1 Å². The van der Waals surface area contributed by atoms with E-state index in [0.717, 1.165) is 5.56 Å². The van der Waals surface area contributed by atoms with Gasteiger partial charge in [-0.1, -0.05) is 29.3 Å². The first-order valence-electron chi connectivity index (χ1n) is 6.41. The van der Waals surface area contributed by atoms with E-state index in [4.69, 9.17) is 11.6 Å². The molecule has 0 saturated heterocycles. The maximum atomic E-state index is 12.3. The summed E-state index contributed by atoms with van der Waals surface area (Å²) in [5, 5.41) is 3.22. The van der Waals surface area contributed by atoms with Gasteiger partial charge < -0.3 is 5.32 Å². The third-order valence-electron chi connectivity index (χ3n) is 2.77. The first-order chi connectivity index (χ1) is 9.92. The number of benzene rings is 1. The number of aryl methyl sites for hydroxylation is 1. The van der Waals surface area contributed by atoms with Gasteiger partial charge in [-0.2, -0.15) is 0 Å². The fraction of sp³-hybridized carbons (Fsp3) is 0.214. The molecule has 2 aromatic rings. The maximum Gasteiger partial charge on any atom is 0.263 e. The van der Waals surface area contributed by atoms with Crippen LogP contribution in [0.15, 0.2) is 41.4 Å². The predicted octanol–water partition coefficient (Wildman–Crippen LogP) is 3.28. The number of hydrogen-bond donors (Lipinski definition) is 2.